The Morgan fingerprint density at radius 2 is 1.82 bits per heavy atom. The van der Waals surface area contributed by atoms with Gasteiger partial charge in [-0.25, -0.2) is 8.78 Å². The van der Waals surface area contributed by atoms with Gasteiger partial charge >= 0.3 is 0 Å². The number of aliphatic hydroxyl groups excluding tert-OH is 1. The molecule has 0 unspecified atom stereocenters. The Morgan fingerprint density at radius 3 is 2.35 bits per heavy atom. The van der Waals surface area contributed by atoms with Gasteiger partial charge in [0, 0.05) is 19.2 Å². The van der Waals surface area contributed by atoms with Gasteiger partial charge in [0.05, 0.1) is 6.10 Å². The number of nitrogens with zero attached hydrogens (tertiary/aromatic N) is 1. The first-order valence-electron chi connectivity index (χ1n) is 5.84. The maximum Gasteiger partial charge on any atom is 0.126 e. The topological polar surface area (TPSA) is 23.5 Å². The molecular formula is C13H17F2NO. The lowest BCUT2D eigenvalue weighted by atomic mass is 9.82. The van der Waals surface area contributed by atoms with Crippen molar-refractivity contribution in [2.24, 2.45) is 5.92 Å². The van der Waals surface area contributed by atoms with Gasteiger partial charge in [0.1, 0.15) is 11.6 Å². The van der Waals surface area contributed by atoms with E-state index in [-0.39, 0.29) is 6.10 Å². The lowest BCUT2D eigenvalue weighted by molar-refractivity contribution is 0.0273. The highest BCUT2D eigenvalue weighted by Gasteiger charge is 2.27. The van der Waals surface area contributed by atoms with E-state index in [1.165, 1.54) is 12.1 Å². The van der Waals surface area contributed by atoms with Crippen molar-refractivity contribution < 1.29 is 13.9 Å². The molecule has 0 atom stereocenters. The van der Waals surface area contributed by atoms with Crippen molar-refractivity contribution >= 4 is 0 Å². The van der Waals surface area contributed by atoms with Crippen LogP contribution in [0.1, 0.15) is 18.4 Å². The molecule has 1 aromatic carbocycles. The van der Waals surface area contributed by atoms with Crippen molar-refractivity contribution in [2.75, 3.05) is 13.6 Å². The van der Waals surface area contributed by atoms with Crippen molar-refractivity contribution in [1.29, 1.82) is 0 Å². The highest BCUT2D eigenvalue weighted by atomic mass is 19.1. The Balaban J connectivity index is 1.86. The molecule has 1 aliphatic carbocycles. The van der Waals surface area contributed by atoms with Gasteiger partial charge in [0.15, 0.2) is 0 Å². The first kappa shape index (κ1) is 12.5. The second-order valence-electron chi connectivity index (χ2n) is 4.97. The third-order valence-corrected chi connectivity index (χ3v) is 3.16. The van der Waals surface area contributed by atoms with Crippen LogP contribution in [0.2, 0.25) is 0 Å². The molecule has 0 spiro atoms. The minimum absolute atomic E-state index is 0.153. The molecule has 1 N–H and O–H groups in total. The van der Waals surface area contributed by atoms with E-state index < -0.39 is 11.6 Å². The van der Waals surface area contributed by atoms with Gasteiger partial charge in [-0.1, -0.05) is 0 Å². The molecule has 94 valence electrons. The Labute approximate surface area is 99.9 Å². The molecule has 1 aromatic rings. The van der Waals surface area contributed by atoms with Crippen LogP contribution in [0.4, 0.5) is 8.78 Å². The van der Waals surface area contributed by atoms with Crippen LogP contribution in [0.3, 0.4) is 0 Å². The van der Waals surface area contributed by atoms with Crippen LogP contribution in [-0.2, 0) is 6.54 Å². The Kier molecular flexibility index (Phi) is 3.74. The van der Waals surface area contributed by atoms with Gasteiger partial charge in [-0.05, 0) is 43.5 Å². The number of aliphatic hydroxyl groups is 1. The molecule has 17 heavy (non-hydrogen) atoms. The van der Waals surface area contributed by atoms with E-state index in [1.54, 1.807) is 0 Å². The number of benzene rings is 1. The standard InChI is InChI=1S/C13H17F2NO/c1-16(8-10-4-13(17)5-10)7-9-2-11(14)6-12(15)3-9/h2-3,6,10,13,17H,4-5,7-8H2,1H3. The lowest BCUT2D eigenvalue weighted by Crippen LogP contribution is -2.36. The number of rotatable bonds is 4. The predicted molar refractivity (Wildman–Crippen MR) is 61.4 cm³/mol. The fourth-order valence-electron chi connectivity index (χ4n) is 2.37. The molecule has 0 saturated heterocycles. The SMILES string of the molecule is CN(Cc1cc(F)cc(F)c1)CC1CC(O)C1. The van der Waals surface area contributed by atoms with E-state index in [0.29, 0.717) is 18.0 Å². The Hall–Kier alpha value is -1.00. The van der Waals surface area contributed by atoms with E-state index in [0.717, 1.165) is 25.5 Å². The third-order valence-electron chi connectivity index (χ3n) is 3.16. The van der Waals surface area contributed by atoms with Gasteiger partial charge in [-0.3, -0.25) is 0 Å². The van der Waals surface area contributed by atoms with Gasteiger partial charge in [-0.15, -0.1) is 0 Å². The summed E-state index contributed by atoms with van der Waals surface area (Å²) in [5.74, 6) is -0.562. The van der Waals surface area contributed by atoms with Crippen LogP contribution in [0.25, 0.3) is 0 Å². The first-order chi connectivity index (χ1) is 8.02. The molecule has 0 heterocycles. The second-order valence-corrected chi connectivity index (χ2v) is 4.97. The molecule has 0 bridgehead atoms. The number of halogens is 2. The molecule has 4 heteroatoms. The summed E-state index contributed by atoms with van der Waals surface area (Å²) in [7, 11) is 1.92. The van der Waals surface area contributed by atoms with E-state index in [2.05, 4.69) is 0 Å². The highest BCUT2D eigenvalue weighted by Crippen LogP contribution is 2.27. The van der Waals surface area contributed by atoms with Crippen molar-refractivity contribution in [3.8, 4) is 0 Å². The van der Waals surface area contributed by atoms with E-state index >= 15 is 0 Å². The zero-order valence-electron chi connectivity index (χ0n) is 9.87. The number of hydrogen-bond acceptors (Lipinski definition) is 2. The van der Waals surface area contributed by atoms with Crippen LogP contribution in [0.5, 0.6) is 0 Å². The fourth-order valence-corrected chi connectivity index (χ4v) is 2.37. The fraction of sp³-hybridized carbons (Fsp3) is 0.538. The van der Waals surface area contributed by atoms with E-state index in [1.807, 2.05) is 11.9 Å². The average Bonchev–Trinajstić information content (AvgIpc) is 2.13. The molecule has 1 aliphatic rings. The molecule has 2 rings (SSSR count). The molecule has 0 amide bonds. The summed E-state index contributed by atoms with van der Waals surface area (Å²) < 4.78 is 26.0. The summed E-state index contributed by atoms with van der Waals surface area (Å²) >= 11 is 0. The molecule has 1 fully saturated rings. The summed E-state index contributed by atoms with van der Waals surface area (Å²) in [4.78, 5) is 2.03. The lowest BCUT2D eigenvalue weighted by Gasteiger charge is -2.34. The Bertz CT molecular complexity index is 371. The summed E-state index contributed by atoms with van der Waals surface area (Å²) in [5, 5.41) is 9.18. The van der Waals surface area contributed by atoms with Crippen LogP contribution >= 0.6 is 0 Å². The maximum absolute atomic E-state index is 13.0. The zero-order chi connectivity index (χ0) is 12.4. The van der Waals surface area contributed by atoms with Crippen LogP contribution in [0, 0.1) is 17.6 Å². The van der Waals surface area contributed by atoms with Gasteiger partial charge < -0.3 is 10.0 Å². The van der Waals surface area contributed by atoms with Crippen LogP contribution in [-0.4, -0.2) is 29.7 Å². The van der Waals surface area contributed by atoms with E-state index in [4.69, 9.17) is 0 Å². The highest BCUT2D eigenvalue weighted by molar-refractivity contribution is 5.17. The summed E-state index contributed by atoms with van der Waals surface area (Å²) in [5.41, 5.74) is 0.643. The molecular weight excluding hydrogens is 224 g/mol. The zero-order valence-corrected chi connectivity index (χ0v) is 9.87. The normalized spacial score (nSPS) is 23.8. The minimum Gasteiger partial charge on any atom is -0.393 e. The van der Waals surface area contributed by atoms with Gasteiger partial charge in [0.25, 0.3) is 0 Å². The van der Waals surface area contributed by atoms with Crippen molar-refractivity contribution in [3.05, 3.63) is 35.4 Å². The quantitative estimate of drug-likeness (QED) is 0.873. The smallest absolute Gasteiger partial charge is 0.126 e. The summed E-state index contributed by atoms with van der Waals surface area (Å²) in [6, 6.07) is 3.59. The Morgan fingerprint density at radius 1 is 1.24 bits per heavy atom. The maximum atomic E-state index is 13.0. The molecule has 0 aromatic heterocycles. The van der Waals surface area contributed by atoms with Gasteiger partial charge in [0.2, 0.25) is 0 Å². The first-order valence-corrected chi connectivity index (χ1v) is 5.84. The summed E-state index contributed by atoms with van der Waals surface area (Å²) in [6.45, 7) is 1.39. The van der Waals surface area contributed by atoms with Crippen molar-refractivity contribution in [1.82, 2.24) is 4.90 Å². The van der Waals surface area contributed by atoms with Crippen LogP contribution in [0.15, 0.2) is 18.2 Å². The molecule has 0 radical (unpaired) electrons. The third kappa shape index (κ3) is 3.48. The van der Waals surface area contributed by atoms with E-state index in [9.17, 15) is 13.9 Å². The summed E-state index contributed by atoms with van der Waals surface area (Å²) in [6.07, 6.45) is 1.52. The number of hydrogen-bond donors (Lipinski definition) is 1. The van der Waals surface area contributed by atoms with Gasteiger partial charge in [-0.2, -0.15) is 0 Å². The molecule has 2 nitrogen and oxygen atoms in total. The second kappa shape index (κ2) is 5.10. The monoisotopic (exact) mass is 241 g/mol. The minimum atomic E-state index is -0.535. The predicted octanol–water partition coefficient (Wildman–Crippen LogP) is 2.17. The molecule has 0 aliphatic heterocycles. The van der Waals surface area contributed by atoms with Crippen molar-refractivity contribution in [3.63, 3.8) is 0 Å². The van der Waals surface area contributed by atoms with Crippen molar-refractivity contribution in [2.45, 2.75) is 25.5 Å². The largest absolute Gasteiger partial charge is 0.393 e. The average molecular weight is 241 g/mol. The van der Waals surface area contributed by atoms with Crippen LogP contribution < -0.4 is 0 Å². The molecule has 1 saturated carbocycles.